The molecule has 192 valence electrons. The van der Waals surface area contributed by atoms with Crippen molar-refractivity contribution < 1.29 is 27.6 Å². The van der Waals surface area contributed by atoms with Crippen molar-refractivity contribution in [3.63, 3.8) is 0 Å². The maximum atomic E-state index is 13.5. The van der Waals surface area contributed by atoms with Gasteiger partial charge in [-0.2, -0.15) is 13.2 Å². The Kier molecular flexibility index (Phi) is 6.83. The fourth-order valence-electron chi connectivity index (χ4n) is 4.48. The first kappa shape index (κ1) is 25.3. The number of nitrogens with one attached hydrogen (secondary N) is 1. The molecule has 2 aromatic rings. The second-order valence-electron chi connectivity index (χ2n) is 9.32. The Morgan fingerprint density at radius 1 is 1.06 bits per heavy atom. The Balaban J connectivity index is 1.63. The van der Waals surface area contributed by atoms with Gasteiger partial charge >= 0.3 is 18.2 Å². The number of carbonyl (C=O) groups is 3. The molecule has 36 heavy (non-hydrogen) atoms. The number of amides is 5. The van der Waals surface area contributed by atoms with Crippen LogP contribution in [0, 0.1) is 5.92 Å². The molecular weight excluding hydrogens is 475 g/mol. The summed E-state index contributed by atoms with van der Waals surface area (Å²) in [5, 5.41) is 4.92. The largest absolute Gasteiger partial charge is 0.416 e. The van der Waals surface area contributed by atoms with Crippen LogP contribution in [0.25, 0.3) is 0 Å². The number of hydrazine groups is 1. The van der Waals surface area contributed by atoms with Gasteiger partial charge in [-0.25, -0.2) is 19.6 Å². The molecule has 0 bridgehead atoms. The maximum absolute atomic E-state index is 13.5. The van der Waals surface area contributed by atoms with E-state index in [1.54, 1.807) is 29.2 Å². The molecule has 0 aliphatic carbocycles. The minimum Gasteiger partial charge on any atom is -0.337 e. The third-order valence-corrected chi connectivity index (χ3v) is 6.40. The van der Waals surface area contributed by atoms with E-state index < -0.39 is 36.0 Å². The van der Waals surface area contributed by atoms with Gasteiger partial charge in [0.1, 0.15) is 12.2 Å². The second kappa shape index (κ2) is 9.71. The van der Waals surface area contributed by atoms with Gasteiger partial charge in [-0.15, -0.1) is 0 Å². The van der Waals surface area contributed by atoms with Crippen molar-refractivity contribution in [2.45, 2.75) is 38.7 Å². The highest BCUT2D eigenvalue weighted by Crippen LogP contribution is 2.37. The van der Waals surface area contributed by atoms with Crippen LogP contribution in [-0.2, 0) is 11.0 Å². The summed E-state index contributed by atoms with van der Waals surface area (Å²) in [5.74, 6) is 0.128. The first-order valence-corrected chi connectivity index (χ1v) is 11.7. The second-order valence-corrected chi connectivity index (χ2v) is 9.32. The first-order chi connectivity index (χ1) is 17.0. The summed E-state index contributed by atoms with van der Waals surface area (Å²) in [7, 11) is 1.43. The van der Waals surface area contributed by atoms with Crippen LogP contribution < -0.4 is 5.32 Å². The lowest BCUT2D eigenvalue weighted by molar-refractivity contribution is -0.145. The third kappa shape index (κ3) is 4.82. The number of fused-ring (bicyclic) bond motifs is 1. The number of rotatable bonds is 5. The maximum Gasteiger partial charge on any atom is 0.416 e. The Bertz CT molecular complexity index is 1120. The Labute approximate surface area is 207 Å². The van der Waals surface area contributed by atoms with Gasteiger partial charge in [0.25, 0.3) is 0 Å². The van der Waals surface area contributed by atoms with Crippen LogP contribution >= 0.6 is 0 Å². The van der Waals surface area contributed by atoms with Gasteiger partial charge in [-0.05, 0) is 42.2 Å². The fourth-order valence-corrected chi connectivity index (χ4v) is 4.48. The van der Waals surface area contributed by atoms with Crippen LogP contribution in [0.2, 0.25) is 0 Å². The molecule has 0 spiro atoms. The van der Waals surface area contributed by atoms with E-state index in [1.807, 2.05) is 19.9 Å². The van der Waals surface area contributed by atoms with Crippen LogP contribution in [0.15, 0.2) is 54.6 Å². The zero-order chi connectivity index (χ0) is 26.2. The zero-order valence-corrected chi connectivity index (χ0v) is 20.2. The number of carbonyl (C=O) groups excluding carboxylic acids is 3. The Morgan fingerprint density at radius 3 is 2.28 bits per heavy atom. The summed E-state index contributed by atoms with van der Waals surface area (Å²) in [5.41, 5.74) is -0.0543. The van der Waals surface area contributed by atoms with Crippen LogP contribution in [-0.4, -0.2) is 64.1 Å². The molecule has 2 saturated heterocycles. The molecule has 2 heterocycles. The molecule has 8 nitrogen and oxygen atoms in total. The number of anilines is 1. The van der Waals surface area contributed by atoms with E-state index in [1.165, 1.54) is 17.0 Å². The van der Waals surface area contributed by atoms with E-state index in [0.29, 0.717) is 18.0 Å². The molecule has 5 amide bonds. The highest BCUT2D eigenvalue weighted by Gasteiger charge is 2.54. The van der Waals surface area contributed by atoms with Gasteiger partial charge in [-0.1, -0.05) is 44.2 Å². The van der Waals surface area contributed by atoms with E-state index >= 15 is 0 Å². The van der Waals surface area contributed by atoms with Gasteiger partial charge in [0.2, 0.25) is 5.91 Å². The van der Waals surface area contributed by atoms with Crippen LogP contribution in [0.4, 0.5) is 28.4 Å². The molecule has 2 aromatic carbocycles. The van der Waals surface area contributed by atoms with Gasteiger partial charge < -0.3 is 10.2 Å². The number of hydrogen-bond acceptors (Lipinski definition) is 3. The van der Waals surface area contributed by atoms with Crippen LogP contribution in [0.1, 0.15) is 37.4 Å². The number of nitrogens with zero attached hydrogens (tertiary/aromatic N) is 4. The summed E-state index contributed by atoms with van der Waals surface area (Å²) < 4.78 is 38.7. The SMILES string of the molecule is CC(C)CCN1CC2N(C(=O)N(C)N2C(=O)Nc2ccc(C(F)(F)F)cc2)[C@@H](c2ccccc2)C1=O. The third-order valence-electron chi connectivity index (χ3n) is 6.40. The monoisotopic (exact) mass is 503 g/mol. The van der Waals surface area contributed by atoms with Crippen molar-refractivity contribution in [2.75, 3.05) is 25.5 Å². The van der Waals surface area contributed by atoms with E-state index in [-0.39, 0.29) is 18.1 Å². The molecule has 2 atom stereocenters. The molecule has 1 N–H and O–H groups in total. The highest BCUT2D eigenvalue weighted by atomic mass is 19.4. The summed E-state index contributed by atoms with van der Waals surface area (Å²) >= 11 is 0. The van der Waals surface area contributed by atoms with E-state index in [9.17, 15) is 27.6 Å². The summed E-state index contributed by atoms with van der Waals surface area (Å²) in [6, 6.07) is 10.9. The van der Waals surface area contributed by atoms with Crippen molar-refractivity contribution in [2.24, 2.45) is 5.92 Å². The molecular formula is C25H28F3N5O3. The van der Waals surface area contributed by atoms with Crippen LogP contribution in [0.3, 0.4) is 0 Å². The lowest BCUT2D eigenvalue weighted by Gasteiger charge is -2.43. The predicted molar refractivity (Wildman–Crippen MR) is 126 cm³/mol. The topological polar surface area (TPSA) is 76.2 Å². The molecule has 4 rings (SSSR count). The Hall–Kier alpha value is -3.76. The van der Waals surface area contributed by atoms with E-state index in [4.69, 9.17) is 0 Å². The number of benzene rings is 2. The lowest BCUT2D eigenvalue weighted by Crippen LogP contribution is -2.60. The minimum atomic E-state index is -4.49. The number of hydrogen-bond donors (Lipinski definition) is 1. The van der Waals surface area contributed by atoms with Crippen molar-refractivity contribution in [1.29, 1.82) is 0 Å². The average Bonchev–Trinajstić information content (AvgIpc) is 3.07. The van der Waals surface area contributed by atoms with Gasteiger partial charge in [0, 0.05) is 19.3 Å². The van der Waals surface area contributed by atoms with E-state index in [2.05, 4.69) is 5.32 Å². The molecule has 1 unspecified atom stereocenters. The summed E-state index contributed by atoms with van der Waals surface area (Å²) in [4.78, 5) is 43.2. The number of alkyl halides is 3. The smallest absolute Gasteiger partial charge is 0.337 e. The lowest BCUT2D eigenvalue weighted by atomic mass is 10.00. The normalized spacial score (nSPS) is 20.3. The molecule has 0 saturated carbocycles. The van der Waals surface area contributed by atoms with Crippen molar-refractivity contribution >= 4 is 23.7 Å². The zero-order valence-electron chi connectivity index (χ0n) is 20.2. The van der Waals surface area contributed by atoms with Crippen molar-refractivity contribution in [3.8, 4) is 0 Å². The number of piperazine rings is 1. The predicted octanol–water partition coefficient (Wildman–Crippen LogP) is 4.78. The summed E-state index contributed by atoms with van der Waals surface area (Å²) in [6.45, 7) is 4.68. The summed E-state index contributed by atoms with van der Waals surface area (Å²) in [6.07, 6.45) is -4.53. The first-order valence-electron chi connectivity index (χ1n) is 11.7. The Morgan fingerprint density at radius 2 is 1.69 bits per heavy atom. The van der Waals surface area contributed by atoms with Crippen LogP contribution in [0.5, 0.6) is 0 Å². The van der Waals surface area contributed by atoms with Crippen molar-refractivity contribution in [1.82, 2.24) is 19.8 Å². The number of urea groups is 2. The molecule has 2 aliphatic heterocycles. The fraction of sp³-hybridized carbons (Fsp3) is 0.400. The molecule has 11 heteroatoms. The number of halogens is 3. The minimum absolute atomic E-state index is 0.116. The standard InChI is InChI=1S/C25H28F3N5O3/c1-16(2)13-14-31-15-20-32(21(22(31)34)17-7-5-4-6-8-17)24(36)30(3)33(20)23(35)29-19-11-9-18(10-12-19)25(26,27)28/h4-12,16,20-21H,13-15H2,1-3H3,(H,29,35)/t20?,21-/m0/s1. The van der Waals surface area contributed by atoms with Gasteiger partial charge in [0.05, 0.1) is 12.1 Å². The quantitative estimate of drug-likeness (QED) is 0.638. The average molecular weight is 504 g/mol. The molecule has 2 aliphatic rings. The van der Waals surface area contributed by atoms with Crippen molar-refractivity contribution in [3.05, 3.63) is 65.7 Å². The molecule has 0 aromatic heterocycles. The van der Waals surface area contributed by atoms with E-state index in [0.717, 1.165) is 35.7 Å². The molecule has 2 fully saturated rings. The highest BCUT2D eigenvalue weighted by molar-refractivity contribution is 5.96. The van der Waals surface area contributed by atoms with Gasteiger partial charge in [0.15, 0.2) is 0 Å². The molecule has 0 radical (unpaired) electrons. The van der Waals surface area contributed by atoms with Gasteiger partial charge in [-0.3, -0.25) is 9.69 Å².